The molecule has 1 aromatic rings. The molecule has 0 fully saturated rings. The number of carbonyl (C=O) groups excluding carboxylic acids is 1. The molecule has 1 heterocycles. The summed E-state index contributed by atoms with van der Waals surface area (Å²) >= 11 is 0. The van der Waals surface area contributed by atoms with Crippen molar-refractivity contribution in [2.75, 3.05) is 27.2 Å². The van der Waals surface area contributed by atoms with Gasteiger partial charge in [0.05, 0.1) is 11.8 Å². The molecule has 0 aliphatic heterocycles. The number of hydrogen-bond donors (Lipinski definition) is 1. The molecule has 5 heteroatoms. The lowest BCUT2D eigenvalue weighted by Crippen LogP contribution is -2.31. The van der Waals surface area contributed by atoms with Gasteiger partial charge in [-0.05, 0) is 14.1 Å². The van der Waals surface area contributed by atoms with Crippen LogP contribution in [0, 0.1) is 0 Å². The molecule has 1 rings (SSSR count). The molecule has 72 valence electrons. The first kappa shape index (κ1) is 9.73. The second-order valence-corrected chi connectivity index (χ2v) is 2.97. The topological polar surface area (TPSA) is 58.4 Å². The molecule has 0 saturated carbocycles. The van der Waals surface area contributed by atoms with Gasteiger partial charge in [0, 0.05) is 13.1 Å². The summed E-state index contributed by atoms with van der Waals surface area (Å²) in [5.74, 6) is -0.150. The van der Waals surface area contributed by atoms with Crippen LogP contribution in [0.25, 0.3) is 0 Å². The molecule has 0 aromatic carbocycles. The Morgan fingerprint density at radius 3 is 3.00 bits per heavy atom. The standard InChI is InChI=1S/C8H13N3O2/c1-11(2)4-3-9-8(12)7-5-10-13-6-7/h5-6H,3-4H2,1-2H3,(H,9,12). The molecule has 0 saturated heterocycles. The SMILES string of the molecule is CN(C)CCNC(=O)c1cnoc1. The smallest absolute Gasteiger partial charge is 0.256 e. The fourth-order valence-electron chi connectivity index (χ4n) is 0.812. The van der Waals surface area contributed by atoms with Crippen molar-refractivity contribution in [2.24, 2.45) is 0 Å². The molecular weight excluding hydrogens is 170 g/mol. The fourth-order valence-corrected chi connectivity index (χ4v) is 0.812. The Morgan fingerprint density at radius 2 is 2.46 bits per heavy atom. The van der Waals surface area contributed by atoms with Gasteiger partial charge in [0.15, 0.2) is 0 Å². The molecule has 1 aromatic heterocycles. The summed E-state index contributed by atoms with van der Waals surface area (Å²) in [6.07, 6.45) is 2.72. The zero-order valence-corrected chi connectivity index (χ0v) is 7.78. The van der Waals surface area contributed by atoms with Crippen LogP contribution in [0.4, 0.5) is 0 Å². The van der Waals surface area contributed by atoms with Gasteiger partial charge < -0.3 is 14.7 Å². The highest BCUT2D eigenvalue weighted by Gasteiger charge is 2.06. The summed E-state index contributed by atoms with van der Waals surface area (Å²) in [5.41, 5.74) is 0.457. The predicted octanol–water partition coefficient (Wildman–Crippen LogP) is -0.0340. The third-order valence-corrected chi connectivity index (χ3v) is 1.54. The van der Waals surface area contributed by atoms with E-state index in [1.165, 1.54) is 12.5 Å². The second kappa shape index (κ2) is 4.61. The Kier molecular flexibility index (Phi) is 3.45. The van der Waals surface area contributed by atoms with Crippen LogP contribution in [0.2, 0.25) is 0 Å². The molecule has 0 radical (unpaired) electrons. The molecule has 13 heavy (non-hydrogen) atoms. The highest BCUT2D eigenvalue weighted by Crippen LogP contribution is 1.94. The van der Waals surface area contributed by atoms with Crippen LogP contribution in [0.1, 0.15) is 10.4 Å². The molecule has 1 N–H and O–H groups in total. The van der Waals surface area contributed by atoms with E-state index in [4.69, 9.17) is 0 Å². The van der Waals surface area contributed by atoms with Crippen molar-refractivity contribution < 1.29 is 9.32 Å². The Morgan fingerprint density at radius 1 is 1.69 bits per heavy atom. The Balaban J connectivity index is 2.27. The second-order valence-electron chi connectivity index (χ2n) is 2.97. The van der Waals surface area contributed by atoms with Crippen molar-refractivity contribution in [1.29, 1.82) is 0 Å². The van der Waals surface area contributed by atoms with Crippen molar-refractivity contribution in [3.8, 4) is 0 Å². The van der Waals surface area contributed by atoms with Crippen LogP contribution in [-0.2, 0) is 0 Å². The minimum Gasteiger partial charge on any atom is -0.364 e. The summed E-state index contributed by atoms with van der Waals surface area (Å²) in [7, 11) is 3.90. The maximum absolute atomic E-state index is 11.3. The lowest BCUT2D eigenvalue weighted by molar-refractivity contribution is 0.0950. The van der Waals surface area contributed by atoms with Crippen molar-refractivity contribution >= 4 is 5.91 Å². The van der Waals surface area contributed by atoms with Gasteiger partial charge in [-0.1, -0.05) is 5.16 Å². The number of likely N-dealkylation sites (N-methyl/N-ethyl adjacent to an activating group) is 1. The largest absolute Gasteiger partial charge is 0.364 e. The molecule has 0 aliphatic carbocycles. The van der Waals surface area contributed by atoms with Crippen LogP contribution in [0.5, 0.6) is 0 Å². The molecule has 1 amide bonds. The van der Waals surface area contributed by atoms with Gasteiger partial charge >= 0.3 is 0 Å². The van der Waals surface area contributed by atoms with Crippen molar-refractivity contribution in [1.82, 2.24) is 15.4 Å². The number of nitrogens with one attached hydrogen (secondary N) is 1. The van der Waals surface area contributed by atoms with E-state index in [0.717, 1.165) is 6.54 Å². The van der Waals surface area contributed by atoms with E-state index in [0.29, 0.717) is 12.1 Å². The van der Waals surface area contributed by atoms with Gasteiger partial charge in [0.25, 0.3) is 5.91 Å². The fraction of sp³-hybridized carbons (Fsp3) is 0.500. The molecule has 0 aliphatic rings. The normalized spacial score (nSPS) is 10.4. The van der Waals surface area contributed by atoms with Crippen LogP contribution < -0.4 is 5.32 Å². The summed E-state index contributed by atoms with van der Waals surface area (Å²) in [5, 5.41) is 6.18. The molecule has 0 unspecified atom stereocenters. The van der Waals surface area contributed by atoms with E-state index in [9.17, 15) is 4.79 Å². The van der Waals surface area contributed by atoms with Crippen LogP contribution >= 0.6 is 0 Å². The predicted molar refractivity (Wildman–Crippen MR) is 47.4 cm³/mol. The number of nitrogens with zero attached hydrogens (tertiary/aromatic N) is 2. The number of amides is 1. The van der Waals surface area contributed by atoms with E-state index < -0.39 is 0 Å². The van der Waals surface area contributed by atoms with Gasteiger partial charge in [-0.15, -0.1) is 0 Å². The van der Waals surface area contributed by atoms with Crippen molar-refractivity contribution in [2.45, 2.75) is 0 Å². The highest BCUT2D eigenvalue weighted by atomic mass is 16.5. The monoisotopic (exact) mass is 183 g/mol. The third kappa shape index (κ3) is 3.25. The average molecular weight is 183 g/mol. The highest BCUT2D eigenvalue weighted by molar-refractivity contribution is 5.93. The minimum atomic E-state index is -0.150. The van der Waals surface area contributed by atoms with Gasteiger partial charge in [0.1, 0.15) is 6.26 Å². The minimum absolute atomic E-state index is 0.150. The van der Waals surface area contributed by atoms with Gasteiger partial charge in [0.2, 0.25) is 0 Å². The zero-order chi connectivity index (χ0) is 9.68. The molecule has 5 nitrogen and oxygen atoms in total. The van der Waals surface area contributed by atoms with Crippen molar-refractivity contribution in [3.63, 3.8) is 0 Å². The first-order valence-electron chi connectivity index (χ1n) is 4.02. The quantitative estimate of drug-likeness (QED) is 0.712. The average Bonchev–Trinajstić information content (AvgIpc) is 2.55. The number of carbonyl (C=O) groups is 1. The molecular formula is C8H13N3O2. The molecule has 0 atom stereocenters. The van der Waals surface area contributed by atoms with E-state index in [-0.39, 0.29) is 5.91 Å². The lowest BCUT2D eigenvalue weighted by Gasteiger charge is -2.09. The number of hydrogen-bond acceptors (Lipinski definition) is 4. The van der Waals surface area contributed by atoms with Gasteiger partial charge in [-0.2, -0.15) is 0 Å². The third-order valence-electron chi connectivity index (χ3n) is 1.54. The first-order chi connectivity index (χ1) is 6.20. The Labute approximate surface area is 76.7 Å². The maximum Gasteiger partial charge on any atom is 0.256 e. The zero-order valence-electron chi connectivity index (χ0n) is 7.78. The first-order valence-corrected chi connectivity index (χ1v) is 4.02. The van der Waals surface area contributed by atoms with Crippen LogP contribution in [0.15, 0.2) is 17.0 Å². The Hall–Kier alpha value is -1.36. The summed E-state index contributed by atoms with van der Waals surface area (Å²) in [6.45, 7) is 1.44. The molecule has 0 bridgehead atoms. The summed E-state index contributed by atoms with van der Waals surface area (Å²) in [6, 6.07) is 0. The van der Waals surface area contributed by atoms with Gasteiger partial charge in [-0.3, -0.25) is 4.79 Å². The van der Waals surface area contributed by atoms with Crippen molar-refractivity contribution in [3.05, 3.63) is 18.0 Å². The van der Waals surface area contributed by atoms with Gasteiger partial charge in [-0.25, -0.2) is 0 Å². The molecule has 0 spiro atoms. The van der Waals surface area contributed by atoms with E-state index in [2.05, 4.69) is 15.0 Å². The Bertz CT molecular complexity index is 256. The number of aromatic nitrogens is 1. The summed E-state index contributed by atoms with van der Waals surface area (Å²) < 4.78 is 4.54. The van der Waals surface area contributed by atoms with E-state index in [1.807, 2.05) is 19.0 Å². The summed E-state index contributed by atoms with van der Waals surface area (Å²) in [4.78, 5) is 13.3. The number of rotatable bonds is 4. The van der Waals surface area contributed by atoms with Crippen LogP contribution in [0.3, 0.4) is 0 Å². The lowest BCUT2D eigenvalue weighted by atomic mass is 10.3. The van der Waals surface area contributed by atoms with E-state index in [1.54, 1.807) is 0 Å². The maximum atomic E-state index is 11.3. The van der Waals surface area contributed by atoms with E-state index >= 15 is 0 Å². The van der Waals surface area contributed by atoms with Crippen LogP contribution in [-0.4, -0.2) is 43.1 Å².